The molecule has 1 aromatic heterocycles. The summed E-state index contributed by atoms with van der Waals surface area (Å²) in [5.41, 5.74) is 4.88. The maximum atomic E-state index is 5.28. The molecule has 0 fully saturated rings. The molecule has 0 aliphatic rings. The zero-order chi connectivity index (χ0) is 17.9. The lowest BCUT2D eigenvalue weighted by Gasteiger charge is -2.18. The first-order valence-corrected chi connectivity index (χ1v) is 8.76. The molecule has 0 N–H and O–H groups in total. The van der Waals surface area contributed by atoms with Crippen molar-refractivity contribution in [3.05, 3.63) is 90.6 Å². The van der Waals surface area contributed by atoms with E-state index in [1.165, 1.54) is 22.2 Å². The van der Waals surface area contributed by atoms with Gasteiger partial charge in [-0.2, -0.15) is 0 Å². The van der Waals surface area contributed by atoms with E-state index in [0.717, 1.165) is 18.0 Å². The first-order chi connectivity index (χ1) is 12.8. The van der Waals surface area contributed by atoms with Crippen LogP contribution in [0.2, 0.25) is 0 Å². The number of aromatic nitrogens is 1. The normalized spacial score (nSPS) is 10.8. The topological polar surface area (TPSA) is 17.4 Å². The number of para-hydroxylation sites is 2. The second kappa shape index (κ2) is 6.96. The van der Waals surface area contributed by atoms with Gasteiger partial charge in [-0.05, 0) is 48.0 Å². The lowest BCUT2D eigenvalue weighted by molar-refractivity contribution is 0.415. The SMILES string of the molecule is COc1ccc(-n2cc(CN(C)c3ccccc3)c3ccccc32)cc1. The molecule has 0 atom stereocenters. The standard InChI is InChI=1S/C23H22N2O/c1-24(19-8-4-3-5-9-19)16-18-17-25(23-11-7-6-10-22(18)23)20-12-14-21(26-2)15-13-20/h3-15,17H,16H2,1-2H3. The summed E-state index contributed by atoms with van der Waals surface area (Å²) in [5.74, 6) is 0.870. The number of anilines is 1. The van der Waals surface area contributed by atoms with E-state index in [-0.39, 0.29) is 0 Å². The van der Waals surface area contributed by atoms with Crippen molar-refractivity contribution in [3.8, 4) is 11.4 Å². The number of hydrogen-bond acceptors (Lipinski definition) is 2. The van der Waals surface area contributed by atoms with Gasteiger partial charge in [0.2, 0.25) is 0 Å². The van der Waals surface area contributed by atoms with Crippen molar-refractivity contribution in [2.24, 2.45) is 0 Å². The summed E-state index contributed by atoms with van der Waals surface area (Å²) < 4.78 is 7.54. The van der Waals surface area contributed by atoms with Crippen molar-refractivity contribution in [2.45, 2.75) is 6.54 Å². The maximum Gasteiger partial charge on any atom is 0.119 e. The van der Waals surface area contributed by atoms with Crippen LogP contribution in [-0.4, -0.2) is 18.7 Å². The van der Waals surface area contributed by atoms with E-state index in [2.05, 4.69) is 83.4 Å². The molecule has 130 valence electrons. The van der Waals surface area contributed by atoms with Gasteiger partial charge < -0.3 is 14.2 Å². The number of ether oxygens (including phenoxy) is 1. The van der Waals surface area contributed by atoms with Crippen molar-refractivity contribution in [2.75, 3.05) is 19.1 Å². The highest BCUT2D eigenvalue weighted by molar-refractivity contribution is 5.86. The predicted molar refractivity (Wildman–Crippen MR) is 108 cm³/mol. The van der Waals surface area contributed by atoms with Crippen LogP contribution in [0.4, 0.5) is 5.69 Å². The molecule has 0 amide bonds. The lowest BCUT2D eigenvalue weighted by atomic mass is 10.1. The molecule has 3 nitrogen and oxygen atoms in total. The van der Waals surface area contributed by atoms with Gasteiger partial charge in [0, 0.05) is 36.6 Å². The molecule has 3 heteroatoms. The largest absolute Gasteiger partial charge is 0.497 e. The van der Waals surface area contributed by atoms with Gasteiger partial charge in [-0.25, -0.2) is 0 Å². The van der Waals surface area contributed by atoms with Crippen molar-refractivity contribution < 1.29 is 4.74 Å². The smallest absolute Gasteiger partial charge is 0.119 e. The van der Waals surface area contributed by atoms with Gasteiger partial charge in [0.1, 0.15) is 5.75 Å². The summed E-state index contributed by atoms with van der Waals surface area (Å²) in [4.78, 5) is 2.28. The van der Waals surface area contributed by atoms with Crippen molar-refractivity contribution in [1.82, 2.24) is 4.57 Å². The van der Waals surface area contributed by atoms with E-state index in [9.17, 15) is 0 Å². The van der Waals surface area contributed by atoms with Crippen molar-refractivity contribution in [3.63, 3.8) is 0 Å². The van der Waals surface area contributed by atoms with E-state index >= 15 is 0 Å². The average molecular weight is 342 g/mol. The summed E-state index contributed by atoms with van der Waals surface area (Å²) in [6.45, 7) is 0.855. The zero-order valence-electron chi connectivity index (χ0n) is 15.1. The third-order valence-electron chi connectivity index (χ3n) is 4.75. The van der Waals surface area contributed by atoms with Crippen molar-refractivity contribution in [1.29, 1.82) is 0 Å². The van der Waals surface area contributed by atoms with Crippen LogP contribution in [-0.2, 0) is 6.54 Å². The summed E-state index contributed by atoms with van der Waals surface area (Å²) >= 11 is 0. The quantitative estimate of drug-likeness (QED) is 0.491. The van der Waals surface area contributed by atoms with Crippen LogP contribution in [0, 0.1) is 0 Å². The molecule has 4 aromatic rings. The molecule has 0 aliphatic carbocycles. The second-order valence-corrected chi connectivity index (χ2v) is 6.43. The van der Waals surface area contributed by atoms with E-state index in [4.69, 9.17) is 4.74 Å². The van der Waals surface area contributed by atoms with Crippen molar-refractivity contribution >= 4 is 16.6 Å². The highest BCUT2D eigenvalue weighted by Crippen LogP contribution is 2.27. The molecule has 26 heavy (non-hydrogen) atoms. The molecular weight excluding hydrogens is 320 g/mol. The third kappa shape index (κ3) is 3.04. The fraction of sp³-hybridized carbons (Fsp3) is 0.130. The molecule has 0 bridgehead atoms. The van der Waals surface area contributed by atoms with Gasteiger partial charge in [0.05, 0.1) is 12.6 Å². The number of nitrogens with zero attached hydrogens (tertiary/aromatic N) is 2. The number of methoxy groups -OCH3 is 1. The highest BCUT2D eigenvalue weighted by atomic mass is 16.5. The van der Waals surface area contributed by atoms with Crippen LogP contribution in [0.15, 0.2) is 85.1 Å². The highest BCUT2D eigenvalue weighted by Gasteiger charge is 2.11. The number of hydrogen-bond donors (Lipinski definition) is 0. The Morgan fingerprint density at radius 3 is 2.27 bits per heavy atom. The molecule has 3 aromatic carbocycles. The first-order valence-electron chi connectivity index (χ1n) is 8.76. The maximum absolute atomic E-state index is 5.28. The van der Waals surface area contributed by atoms with Crippen LogP contribution in [0.5, 0.6) is 5.75 Å². The van der Waals surface area contributed by atoms with Crippen LogP contribution >= 0.6 is 0 Å². The summed E-state index contributed by atoms with van der Waals surface area (Å²) in [6.07, 6.45) is 2.24. The lowest BCUT2D eigenvalue weighted by Crippen LogP contribution is -2.15. The molecule has 1 heterocycles. The minimum absolute atomic E-state index is 0.855. The molecule has 0 aliphatic heterocycles. The van der Waals surface area contributed by atoms with E-state index < -0.39 is 0 Å². The Hall–Kier alpha value is -3.20. The van der Waals surface area contributed by atoms with Gasteiger partial charge in [0.25, 0.3) is 0 Å². The van der Waals surface area contributed by atoms with Gasteiger partial charge in [-0.3, -0.25) is 0 Å². The monoisotopic (exact) mass is 342 g/mol. The van der Waals surface area contributed by atoms with E-state index in [1.54, 1.807) is 7.11 Å². The number of rotatable bonds is 5. The predicted octanol–water partition coefficient (Wildman–Crippen LogP) is 5.28. The summed E-state index contributed by atoms with van der Waals surface area (Å²) in [7, 11) is 3.83. The van der Waals surface area contributed by atoms with Gasteiger partial charge in [-0.15, -0.1) is 0 Å². The Morgan fingerprint density at radius 1 is 0.846 bits per heavy atom. The Morgan fingerprint density at radius 2 is 1.54 bits per heavy atom. The van der Waals surface area contributed by atoms with Gasteiger partial charge in [0.15, 0.2) is 0 Å². The Labute approximate surface area is 154 Å². The fourth-order valence-electron chi connectivity index (χ4n) is 3.36. The molecule has 0 saturated heterocycles. The number of benzene rings is 3. The molecule has 0 spiro atoms. The Kier molecular flexibility index (Phi) is 4.36. The third-order valence-corrected chi connectivity index (χ3v) is 4.75. The fourth-order valence-corrected chi connectivity index (χ4v) is 3.36. The zero-order valence-corrected chi connectivity index (χ0v) is 15.1. The average Bonchev–Trinajstić information content (AvgIpc) is 3.07. The first kappa shape index (κ1) is 16.3. The van der Waals surface area contributed by atoms with Crippen LogP contribution in [0.1, 0.15) is 5.56 Å². The van der Waals surface area contributed by atoms with E-state index in [0.29, 0.717) is 0 Å². The van der Waals surface area contributed by atoms with E-state index in [1.807, 2.05) is 18.2 Å². The minimum Gasteiger partial charge on any atom is -0.497 e. The molecule has 0 saturated carbocycles. The Balaban J connectivity index is 1.74. The molecule has 0 unspecified atom stereocenters. The van der Waals surface area contributed by atoms with Crippen LogP contribution in [0.25, 0.3) is 16.6 Å². The molecule has 4 rings (SSSR count). The summed E-state index contributed by atoms with van der Waals surface area (Å²) in [6, 6.07) is 27.2. The van der Waals surface area contributed by atoms with Gasteiger partial charge in [-0.1, -0.05) is 36.4 Å². The number of fused-ring (bicyclic) bond motifs is 1. The second-order valence-electron chi connectivity index (χ2n) is 6.43. The Bertz CT molecular complexity index is 1000. The summed E-state index contributed by atoms with van der Waals surface area (Å²) in [5, 5.41) is 1.28. The molecule has 0 radical (unpaired) electrons. The van der Waals surface area contributed by atoms with Gasteiger partial charge >= 0.3 is 0 Å². The van der Waals surface area contributed by atoms with Crippen LogP contribution in [0.3, 0.4) is 0 Å². The van der Waals surface area contributed by atoms with Crippen LogP contribution < -0.4 is 9.64 Å². The minimum atomic E-state index is 0.855. The molecular formula is C23H22N2O.